The van der Waals surface area contributed by atoms with Gasteiger partial charge in [-0.3, -0.25) is 9.69 Å². The van der Waals surface area contributed by atoms with Crippen LogP contribution in [0.4, 0.5) is 0 Å². The predicted molar refractivity (Wildman–Crippen MR) is 75.9 cm³/mol. The van der Waals surface area contributed by atoms with Crippen molar-refractivity contribution in [2.45, 2.75) is 6.04 Å². The number of likely N-dealkylation sites (N-methyl/N-ethyl adjacent to an activating group) is 1. The highest BCUT2D eigenvalue weighted by Crippen LogP contribution is 2.34. The van der Waals surface area contributed by atoms with Crippen LogP contribution >= 0.6 is 23.2 Å². The molecule has 1 aliphatic rings. The average molecular weight is 303 g/mol. The van der Waals surface area contributed by atoms with E-state index in [1.54, 1.807) is 18.2 Å². The lowest BCUT2D eigenvalue weighted by atomic mass is 10.0. The van der Waals surface area contributed by atoms with Gasteiger partial charge in [-0.05, 0) is 19.2 Å². The molecular formula is C13H16Cl2N2O2. The summed E-state index contributed by atoms with van der Waals surface area (Å²) in [5, 5.41) is 10.3. The van der Waals surface area contributed by atoms with Crippen LogP contribution in [0.5, 0.6) is 0 Å². The molecule has 0 radical (unpaired) electrons. The van der Waals surface area contributed by atoms with E-state index in [4.69, 9.17) is 23.2 Å². The highest BCUT2D eigenvalue weighted by Gasteiger charge is 2.32. The molecule has 4 nitrogen and oxygen atoms in total. The third-order valence-electron chi connectivity index (χ3n) is 3.41. The van der Waals surface area contributed by atoms with Crippen molar-refractivity contribution >= 4 is 29.2 Å². The van der Waals surface area contributed by atoms with Crippen molar-refractivity contribution in [1.29, 1.82) is 0 Å². The number of benzene rings is 1. The number of carboxylic acids is 1. The minimum atomic E-state index is -0.917. The summed E-state index contributed by atoms with van der Waals surface area (Å²) in [5.74, 6) is -0.917. The number of nitrogens with zero attached hydrogens (tertiary/aromatic N) is 2. The summed E-state index contributed by atoms with van der Waals surface area (Å²) in [4.78, 5) is 15.7. The highest BCUT2D eigenvalue weighted by molar-refractivity contribution is 6.36. The topological polar surface area (TPSA) is 43.8 Å². The average Bonchev–Trinajstić information content (AvgIpc) is 2.35. The molecule has 19 heavy (non-hydrogen) atoms. The van der Waals surface area contributed by atoms with Crippen molar-refractivity contribution in [2.24, 2.45) is 0 Å². The van der Waals surface area contributed by atoms with E-state index in [1.165, 1.54) is 0 Å². The molecule has 2 rings (SSSR count). The van der Waals surface area contributed by atoms with Gasteiger partial charge in [-0.15, -0.1) is 0 Å². The number of hydrogen-bond donors (Lipinski definition) is 1. The molecule has 0 saturated carbocycles. The first kappa shape index (κ1) is 14.6. The Kier molecular flexibility index (Phi) is 4.68. The standard InChI is InChI=1S/C13H16Cl2N2O2/c1-16-5-7-17(8-6-16)12(13(18)19)11-9(14)3-2-4-10(11)15/h2-4,12H,5-8H2,1H3,(H,18,19). The Morgan fingerprint density at radius 2 is 1.74 bits per heavy atom. The maximum absolute atomic E-state index is 11.6. The van der Waals surface area contributed by atoms with E-state index in [0.29, 0.717) is 28.7 Å². The lowest BCUT2D eigenvalue weighted by Gasteiger charge is -2.36. The van der Waals surface area contributed by atoms with Crippen LogP contribution in [0.15, 0.2) is 18.2 Å². The van der Waals surface area contributed by atoms with Crippen LogP contribution < -0.4 is 0 Å². The van der Waals surface area contributed by atoms with Crippen molar-refractivity contribution in [2.75, 3.05) is 33.2 Å². The van der Waals surface area contributed by atoms with Crippen LogP contribution in [0.1, 0.15) is 11.6 Å². The van der Waals surface area contributed by atoms with E-state index in [-0.39, 0.29) is 0 Å². The number of piperazine rings is 1. The lowest BCUT2D eigenvalue weighted by molar-refractivity contribution is -0.144. The summed E-state index contributed by atoms with van der Waals surface area (Å²) in [7, 11) is 2.02. The van der Waals surface area contributed by atoms with Crippen LogP contribution in [0.2, 0.25) is 10.0 Å². The molecule has 1 unspecified atom stereocenters. The van der Waals surface area contributed by atoms with Gasteiger partial charge < -0.3 is 10.0 Å². The molecule has 1 heterocycles. The molecule has 0 amide bonds. The lowest BCUT2D eigenvalue weighted by Crippen LogP contribution is -2.47. The van der Waals surface area contributed by atoms with Gasteiger partial charge in [0, 0.05) is 41.8 Å². The Bertz CT molecular complexity index is 453. The van der Waals surface area contributed by atoms with Gasteiger partial charge in [0.2, 0.25) is 0 Å². The highest BCUT2D eigenvalue weighted by atomic mass is 35.5. The van der Waals surface area contributed by atoms with Crippen molar-refractivity contribution in [1.82, 2.24) is 9.80 Å². The van der Waals surface area contributed by atoms with E-state index >= 15 is 0 Å². The maximum Gasteiger partial charge on any atom is 0.325 e. The fourth-order valence-electron chi connectivity index (χ4n) is 2.31. The van der Waals surface area contributed by atoms with Crippen LogP contribution in [0.25, 0.3) is 0 Å². The number of carboxylic acid groups (broad SMARTS) is 1. The Balaban J connectivity index is 2.33. The van der Waals surface area contributed by atoms with Crippen LogP contribution in [-0.2, 0) is 4.79 Å². The zero-order valence-corrected chi connectivity index (χ0v) is 12.2. The van der Waals surface area contributed by atoms with Gasteiger partial charge in [-0.25, -0.2) is 0 Å². The second kappa shape index (κ2) is 6.09. The minimum Gasteiger partial charge on any atom is -0.480 e. The van der Waals surface area contributed by atoms with Crippen LogP contribution in [0.3, 0.4) is 0 Å². The molecule has 1 N–H and O–H groups in total. The van der Waals surface area contributed by atoms with Gasteiger partial charge in [-0.2, -0.15) is 0 Å². The van der Waals surface area contributed by atoms with E-state index in [9.17, 15) is 9.90 Å². The molecule has 0 spiro atoms. The Hall–Kier alpha value is -0.810. The van der Waals surface area contributed by atoms with E-state index in [1.807, 2.05) is 11.9 Å². The monoisotopic (exact) mass is 302 g/mol. The fraction of sp³-hybridized carbons (Fsp3) is 0.462. The maximum atomic E-state index is 11.6. The molecule has 0 aromatic heterocycles. The summed E-state index contributed by atoms with van der Waals surface area (Å²) in [6.45, 7) is 3.06. The number of halogens is 2. The molecule has 1 aliphatic heterocycles. The normalized spacial score (nSPS) is 19.3. The first-order valence-electron chi connectivity index (χ1n) is 6.10. The SMILES string of the molecule is CN1CCN(C(C(=O)O)c2c(Cl)cccc2Cl)CC1. The van der Waals surface area contributed by atoms with Gasteiger partial charge >= 0.3 is 5.97 Å². The summed E-state index contributed by atoms with van der Waals surface area (Å²) in [6, 6.07) is 4.29. The van der Waals surface area contributed by atoms with Gasteiger partial charge in [0.05, 0.1) is 0 Å². The third kappa shape index (κ3) is 3.20. The van der Waals surface area contributed by atoms with E-state index in [2.05, 4.69) is 4.90 Å². The molecule has 1 atom stereocenters. The first-order valence-corrected chi connectivity index (χ1v) is 6.85. The van der Waals surface area contributed by atoms with Crippen LogP contribution in [0, 0.1) is 0 Å². The fourth-order valence-corrected chi connectivity index (χ4v) is 2.92. The molecule has 0 aliphatic carbocycles. The quantitative estimate of drug-likeness (QED) is 0.931. The Labute approximate surface area is 122 Å². The largest absolute Gasteiger partial charge is 0.480 e. The van der Waals surface area contributed by atoms with Crippen molar-refractivity contribution in [3.63, 3.8) is 0 Å². The van der Waals surface area contributed by atoms with Crippen molar-refractivity contribution in [3.8, 4) is 0 Å². The number of hydrogen-bond acceptors (Lipinski definition) is 3. The smallest absolute Gasteiger partial charge is 0.325 e. The molecule has 104 valence electrons. The van der Waals surface area contributed by atoms with Gasteiger partial charge in [0.25, 0.3) is 0 Å². The van der Waals surface area contributed by atoms with Gasteiger partial charge in [0.1, 0.15) is 6.04 Å². The number of carbonyl (C=O) groups is 1. The van der Waals surface area contributed by atoms with Crippen LogP contribution in [-0.4, -0.2) is 54.1 Å². The summed E-state index contributed by atoms with van der Waals surface area (Å²) >= 11 is 12.3. The second-order valence-corrected chi connectivity index (χ2v) is 5.53. The van der Waals surface area contributed by atoms with Gasteiger partial charge in [0.15, 0.2) is 0 Å². The molecule has 1 fully saturated rings. The molecular weight excluding hydrogens is 287 g/mol. The number of rotatable bonds is 3. The van der Waals surface area contributed by atoms with Crippen molar-refractivity contribution < 1.29 is 9.90 Å². The summed E-state index contributed by atoms with van der Waals surface area (Å²) in [5.41, 5.74) is 0.489. The summed E-state index contributed by atoms with van der Waals surface area (Å²) in [6.07, 6.45) is 0. The van der Waals surface area contributed by atoms with Crippen molar-refractivity contribution in [3.05, 3.63) is 33.8 Å². The first-order chi connectivity index (χ1) is 9.00. The molecule has 1 aromatic rings. The zero-order valence-electron chi connectivity index (χ0n) is 10.6. The van der Waals surface area contributed by atoms with Gasteiger partial charge in [-0.1, -0.05) is 29.3 Å². The molecule has 0 bridgehead atoms. The van der Waals surface area contributed by atoms with E-state index in [0.717, 1.165) is 13.1 Å². The molecule has 1 aromatic carbocycles. The third-order valence-corrected chi connectivity index (χ3v) is 4.07. The Morgan fingerprint density at radius 1 is 1.21 bits per heavy atom. The number of aliphatic carboxylic acids is 1. The second-order valence-electron chi connectivity index (χ2n) is 4.72. The molecule has 1 saturated heterocycles. The minimum absolute atomic E-state index is 0.402. The summed E-state index contributed by atoms with van der Waals surface area (Å²) < 4.78 is 0. The Morgan fingerprint density at radius 3 is 2.21 bits per heavy atom. The molecule has 6 heteroatoms. The predicted octanol–water partition coefficient (Wildman–Crippen LogP) is 2.37. The zero-order chi connectivity index (χ0) is 14.0. The van der Waals surface area contributed by atoms with E-state index < -0.39 is 12.0 Å².